The molecule has 0 saturated carbocycles. The number of ether oxygens (including phenoxy) is 2. The first-order valence-corrected chi connectivity index (χ1v) is 10.5. The van der Waals surface area contributed by atoms with Crippen LogP contribution in [0.2, 0.25) is 0 Å². The van der Waals surface area contributed by atoms with Crippen LogP contribution < -0.4 is 9.47 Å². The number of methoxy groups -OCH3 is 2. The smallest absolute Gasteiger partial charge is 0.313 e. The maximum atomic E-state index is 13.3. The first kappa shape index (κ1) is 15.2. The molecule has 2 saturated heterocycles. The number of hydrogen-bond donors (Lipinski definition) is 1. The van der Waals surface area contributed by atoms with Crippen LogP contribution in [0, 0.1) is 6.92 Å². The largest absolute Gasteiger partial charge is 0.497 e. The van der Waals surface area contributed by atoms with E-state index in [2.05, 4.69) is 0 Å². The van der Waals surface area contributed by atoms with Crippen LogP contribution in [0.5, 0.6) is 11.5 Å². The summed E-state index contributed by atoms with van der Waals surface area (Å²) in [5, 5.41) is 0. The number of hydrogen-bond acceptors (Lipinski definition) is 4. The van der Waals surface area contributed by atoms with E-state index in [9.17, 15) is 4.79 Å². The molecule has 2 heterocycles. The van der Waals surface area contributed by atoms with Gasteiger partial charge < -0.3 is 9.47 Å². The van der Waals surface area contributed by atoms with E-state index in [1.54, 1.807) is 20.3 Å². The van der Waals surface area contributed by atoms with Gasteiger partial charge in [-0.05, 0) is 44.2 Å². The number of rotatable bonds is 4. The van der Waals surface area contributed by atoms with Crippen molar-refractivity contribution in [2.24, 2.45) is 0 Å². The summed E-state index contributed by atoms with van der Waals surface area (Å²) in [6.07, 6.45) is 4.69. The minimum Gasteiger partial charge on any atom is -0.497 e. The Hall–Kier alpha value is -0.730. The standard InChI is InChI=1S/C16H22O3PS/c1-10-8-11(18-2)9-14(19-3)15(10)16(17)20(21)12-4-5-13(20)7-6-12/h8-9,12-13,21H,4-7H2,1-3H3/q+1. The van der Waals surface area contributed by atoms with E-state index < -0.39 is 6.46 Å². The molecule has 0 N–H and O–H groups in total. The molecule has 21 heavy (non-hydrogen) atoms. The Bertz CT molecular complexity index is 567. The summed E-state index contributed by atoms with van der Waals surface area (Å²) in [7, 11) is 3.23. The summed E-state index contributed by atoms with van der Waals surface area (Å²) in [6.45, 7) is 0.0947. The minimum atomic E-state index is -1.86. The number of carbonyl (C=O) groups excluding carboxylic acids is 1. The molecule has 3 rings (SSSR count). The van der Waals surface area contributed by atoms with E-state index in [1.165, 1.54) is 25.7 Å². The minimum absolute atomic E-state index is 0.243. The van der Waals surface area contributed by atoms with E-state index in [0.717, 1.165) is 16.9 Å². The van der Waals surface area contributed by atoms with Gasteiger partial charge in [0, 0.05) is 18.3 Å². The third-order valence-corrected chi connectivity index (χ3v) is 11.7. The number of aryl methyl sites for hydroxylation is 1. The molecule has 1 aromatic carbocycles. The van der Waals surface area contributed by atoms with Gasteiger partial charge in [0.1, 0.15) is 17.1 Å². The van der Waals surface area contributed by atoms with Crippen LogP contribution in [-0.2, 0) is 0 Å². The van der Waals surface area contributed by atoms with Crippen molar-refractivity contribution in [2.45, 2.75) is 43.9 Å². The predicted octanol–water partition coefficient (Wildman–Crippen LogP) is 4.34. The van der Waals surface area contributed by atoms with Crippen LogP contribution in [0.3, 0.4) is 0 Å². The van der Waals surface area contributed by atoms with Crippen molar-refractivity contribution in [3.8, 4) is 11.5 Å². The van der Waals surface area contributed by atoms with Crippen molar-refractivity contribution in [1.82, 2.24) is 0 Å². The van der Waals surface area contributed by atoms with Crippen LogP contribution in [0.4, 0.5) is 0 Å². The molecular weight excluding hydrogens is 303 g/mol. The van der Waals surface area contributed by atoms with Gasteiger partial charge in [0.15, 0.2) is 6.46 Å². The van der Waals surface area contributed by atoms with E-state index >= 15 is 0 Å². The summed E-state index contributed by atoms with van der Waals surface area (Å²) in [4.78, 5) is 13.3. The van der Waals surface area contributed by atoms with E-state index in [-0.39, 0.29) is 5.52 Å². The zero-order valence-corrected chi connectivity index (χ0v) is 14.5. The average molecular weight is 325 g/mol. The monoisotopic (exact) mass is 325 g/mol. The highest BCUT2D eigenvalue weighted by atomic mass is 32.7. The Balaban J connectivity index is 2.06. The van der Waals surface area contributed by atoms with Crippen LogP contribution >= 0.6 is 18.7 Å². The molecule has 114 valence electrons. The molecule has 0 unspecified atom stereocenters. The second-order valence-electron chi connectivity index (χ2n) is 6.03. The fourth-order valence-corrected chi connectivity index (χ4v) is 9.69. The fraction of sp³-hybridized carbons (Fsp3) is 0.562. The molecule has 3 nitrogen and oxygen atoms in total. The SMILES string of the molecule is COc1cc(C)c(C(=O)[P+]2(S)C3CCC2CC3)c(OC)c1. The van der Waals surface area contributed by atoms with Gasteiger partial charge in [-0.25, -0.2) is 4.79 Å². The van der Waals surface area contributed by atoms with Gasteiger partial charge in [0.25, 0.3) is 0 Å². The molecule has 2 fully saturated rings. The lowest BCUT2D eigenvalue weighted by molar-refractivity contribution is 0.107. The topological polar surface area (TPSA) is 35.5 Å². The highest BCUT2D eigenvalue weighted by molar-refractivity contribution is 8.59. The van der Waals surface area contributed by atoms with Gasteiger partial charge in [-0.1, -0.05) is 0 Å². The maximum absolute atomic E-state index is 13.3. The second-order valence-corrected chi connectivity index (χ2v) is 11.4. The van der Waals surface area contributed by atoms with Gasteiger partial charge in [-0.2, -0.15) is 0 Å². The lowest BCUT2D eigenvalue weighted by Gasteiger charge is -2.21. The molecule has 0 atom stereocenters. The Morgan fingerprint density at radius 1 is 1.14 bits per heavy atom. The van der Waals surface area contributed by atoms with E-state index in [4.69, 9.17) is 21.7 Å². The van der Waals surface area contributed by atoms with Crippen molar-refractivity contribution in [3.05, 3.63) is 23.3 Å². The molecule has 0 radical (unpaired) electrons. The molecule has 0 amide bonds. The fourth-order valence-electron chi connectivity index (χ4n) is 3.93. The molecule has 0 spiro atoms. The third kappa shape index (κ3) is 2.19. The van der Waals surface area contributed by atoms with Crippen molar-refractivity contribution in [3.63, 3.8) is 0 Å². The van der Waals surface area contributed by atoms with Gasteiger partial charge in [0.2, 0.25) is 0 Å². The molecule has 5 heteroatoms. The lowest BCUT2D eigenvalue weighted by atomic mass is 10.0. The van der Waals surface area contributed by atoms with E-state index in [0.29, 0.717) is 17.1 Å². The first-order valence-electron chi connectivity index (χ1n) is 7.41. The van der Waals surface area contributed by atoms with Crippen molar-refractivity contribution < 1.29 is 14.3 Å². The zero-order chi connectivity index (χ0) is 15.2. The van der Waals surface area contributed by atoms with Gasteiger partial charge in [-0.15, -0.1) is 0 Å². The quantitative estimate of drug-likeness (QED) is 0.661. The van der Waals surface area contributed by atoms with Crippen LogP contribution in [-0.4, -0.2) is 31.1 Å². The summed E-state index contributed by atoms with van der Waals surface area (Å²) in [5.74, 6) is 1.35. The summed E-state index contributed by atoms with van der Waals surface area (Å²) in [5.41, 5.74) is 2.93. The van der Waals surface area contributed by atoms with Crippen molar-refractivity contribution in [1.29, 1.82) is 0 Å². The van der Waals surface area contributed by atoms with Crippen molar-refractivity contribution in [2.75, 3.05) is 14.2 Å². The average Bonchev–Trinajstić information content (AvgIpc) is 2.99. The van der Waals surface area contributed by atoms with Gasteiger partial charge in [-0.3, -0.25) is 0 Å². The summed E-state index contributed by atoms with van der Waals surface area (Å²) >= 11 is 5.00. The second kappa shape index (κ2) is 5.48. The number of thiol groups is 1. The highest BCUT2D eigenvalue weighted by Crippen LogP contribution is 2.83. The van der Waals surface area contributed by atoms with Crippen LogP contribution in [0.15, 0.2) is 12.1 Å². The third-order valence-electron chi connectivity index (χ3n) is 5.05. The molecule has 0 aliphatic carbocycles. The molecule has 2 aliphatic heterocycles. The Morgan fingerprint density at radius 3 is 2.19 bits per heavy atom. The predicted molar refractivity (Wildman–Crippen MR) is 90.6 cm³/mol. The first-order chi connectivity index (χ1) is 10.0. The normalized spacial score (nSPS) is 30.5. The number of benzene rings is 1. The van der Waals surface area contributed by atoms with Gasteiger partial charge >= 0.3 is 5.52 Å². The Labute approximate surface area is 131 Å². The highest BCUT2D eigenvalue weighted by Gasteiger charge is 2.65. The molecule has 2 bridgehead atoms. The Kier molecular flexibility index (Phi) is 3.96. The van der Waals surface area contributed by atoms with E-state index in [1.807, 2.05) is 13.0 Å². The maximum Gasteiger partial charge on any atom is 0.313 e. The molecular formula is C16H22O3PS+. The number of fused-ring (bicyclic) bond motifs is 2. The summed E-state index contributed by atoms with van der Waals surface area (Å²) in [6, 6.07) is 3.71. The van der Waals surface area contributed by atoms with Crippen LogP contribution in [0.25, 0.3) is 0 Å². The summed E-state index contributed by atoms with van der Waals surface area (Å²) < 4.78 is 10.7. The van der Waals surface area contributed by atoms with Crippen molar-refractivity contribution >= 4 is 24.2 Å². The molecule has 2 aliphatic rings. The zero-order valence-electron chi connectivity index (χ0n) is 12.8. The lowest BCUT2D eigenvalue weighted by Crippen LogP contribution is -2.14. The molecule has 0 aromatic heterocycles. The van der Waals surface area contributed by atoms with Gasteiger partial charge in [0.05, 0.1) is 25.5 Å². The molecule has 1 aromatic rings. The number of carbonyl (C=O) groups is 1. The van der Waals surface area contributed by atoms with Crippen LogP contribution in [0.1, 0.15) is 41.6 Å². The Morgan fingerprint density at radius 2 is 1.71 bits per heavy atom.